The minimum Gasteiger partial charge on any atom is -0.506 e. The minimum atomic E-state index is 0.0576. The Balaban J connectivity index is 3.07. The summed E-state index contributed by atoms with van der Waals surface area (Å²) < 4.78 is 0. The van der Waals surface area contributed by atoms with Gasteiger partial charge in [-0.15, -0.1) is 0 Å². The summed E-state index contributed by atoms with van der Waals surface area (Å²) in [4.78, 5) is 3.79. The molecule has 0 saturated carbocycles. The van der Waals surface area contributed by atoms with Crippen LogP contribution in [0, 0.1) is 0 Å². The third-order valence-electron chi connectivity index (χ3n) is 1.10. The van der Waals surface area contributed by atoms with Crippen LogP contribution in [0.5, 0.6) is 5.75 Å². The van der Waals surface area contributed by atoms with Crippen LogP contribution in [0.3, 0.4) is 0 Å². The Kier molecular flexibility index (Phi) is 2.09. The zero-order valence-electron chi connectivity index (χ0n) is 5.21. The van der Waals surface area contributed by atoms with E-state index in [1.54, 1.807) is 0 Å². The third-order valence-corrected chi connectivity index (χ3v) is 1.42. The zero-order valence-corrected chi connectivity index (χ0v) is 5.97. The fourth-order valence-corrected chi connectivity index (χ4v) is 0.844. The molecule has 1 aromatic rings. The van der Waals surface area contributed by atoms with Crippen molar-refractivity contribution in [2.45, 2.75) is 6.54 Å². The molecule has 0 fully saturated rings. The zero-order chi connectivity index (χ0) is 7.56. The molecule has 54 valence electrons. The first-order chi connectivity index (χ1) is 4.74. The van der Waals surface area contributed by atoms with E-state index >= 15 is 0 Å². The molecule has 0 aliphatic heterocycles. The van der Waals surface area contributed by atoms with E-state index in [9.17, 15) is 0 Å². The van der Waals surface area contributed by atoms with Crippen molar-refractivity contribution in [2.24, 2.45) is 5.73 Å². The highest BCUT2D eigenvalue weighted by molar-refractivity contribution is 6.31. The molecule has 0 aliphatic rings. The Morgan fingerprint density at radius 1 is 1.70 bits per heavy atom. The molecule has 0 aliphatic carbocycles. The monoisotopic (exact) mass is 158 g/mol. The van der Waals surface area contributed by atoms with Crippen molar-refractivity contribution < 1.29 is 5.11 Å². The van der Waals surface area contributed by atoms with E-state index in [0.29, 0.717) is 17.3 Å². The normalized spacial score (nSPS) is 9.80. The van der Waals surface area contributed by atoms with Gasteiger partial charge in [0.15, 0.2) is 0 Å². The largest absolute Gasteiger partial charge is 0.506 e. The lowest BCUT2D eigenvalue weighted by Crippen LogP contribution is -1.99. The highest BCUT2D eigenvalue weighted by Gasteiger charge is 1.98. The lowest BCUT2D eigenvalue weighted by molar-refractivity contribution is 0.472. The summed E-state index contributed by atoms with van der Waals surface area (Å²) in [5.41, 5.74) is 5.87. The van der Waals surface area contributed by atoms with Gasteiger partial charge in [0.25, 0.3) is 0 Å². The van der Waals surface area contributed by atoms with Crippen molar-refractivity contribution in [1.29, 1.82) is 0 Å². The standard InChI is InChI=1S/C6H7ClN2O/c7-5-1-4(10)3-9-6(5)2-8/h1,3,10H,2,8H2. The van der Waals surface area contributed by atoms with Gasteiger partial charge in [-0.25, -0.2) is 0 Å². The van der Waals surface area contributed by atoms with Crippen LogP contribution in [0.4, 0.5) is 0 Å². The average molecular weight is 159 g/mol. The van der Waals surface area contributed by atoms with Crippen molar-refractivity contribution in [2.75, 3.05) is 0 Å². The molecular weight excluding hydrogens is 152 g/mol. The van der Waals surface area contributed by atoms with E-state index in [2.05, 4.69) is 4.98 Å². The summed E-state index contributed by atoms with van der Waals surface area (Å²) >= 11 is 5.63. The first kappa shape index (κ1) is 7.31. The van der Waals surface area contributed by atoms with Crippen LogP contribution in [0.1, 0.15) is 5.69 Å². The predicted octanol–water partition coefficient (Wildman–Crippen LogP) is 0.899. The molecule has 3 N–H and O–H groups in total. The number of hydrogen-bond donors (Lipinski definition) is 2. The van der Waals surface area contributed by atoms with E-state index in [4.69, 9.17) is 22.4 Å². The van der Waals surface area contributed by atoms with Gasteiger partial charge >= 0.3 is 0 Å². The molecule has 0 amide bonds. The Hall–Kier alpha value is -0.800. The number of hydrogen-bond acceptors (Lipinski definition) is 3. The SMILES string of the molecule is NCc1ncc(O)cc1Cl. The highest BCUT2D eigenvalue weighted by atomic mass is 35.5. The van der Waals surface area contributed by atoms with Crippen LogP contribution in [0.25, 0.3) is 0 Å². The Labute approximate surface area is 63.5 Å². The molecule has 0 spiro atoms. The summed E-state index contributed by atoms with van der Waals surface area (Å²) in [5, 5.41) is 9.25. The van der Waals surface area contributed by atoms with Crippen molar-refractivity contribution >= 4 is 11.6 Å². The number of halogens is 1. The molecule has 10 heavy (non-hydrogen) atoms. The maximum absolute atomic E-state index is 8.85. The molecule has 0 unspecified atom stereocenters. The van der Waals surface area contributed by atoms with Crippen LogP contribution in [-0.4, -0.2) is 10.1 Å². The predicted molar refractivity (Wildman–Crippen MR) is 38.8 cm³/mol. The third kappa shape index (κ3) is 1.37. The Bertz CT molecular complexity index is 239. The van der Waals surface area contributed by atoms with E-state index in [1.165, 1.54) is 12.3 Å². The van der Waals surface area contributed by atoms with Crippen LogP contribution in [-0.2, 0) is 6.54 Å². The number of pyridine rings is 1. The van der Waals surface area contributed by atoms with Crippen molar-refractivity contribution in [1.82, 2.24) is 4.98 Å². The van der Waals surface area contributed by atoms with Gasteiger partial charge in [-0.1, -0.05) is 11.6 Å². The van der Waals surface area contributed by atoms with Crippen LogP contribution < -0.4 is 5.73 Å². The smallest absolute Gasteiger partial charge is 0.135 e. The summed E-state index contributed by atoms with van der Waals surface area (Å²) in [6.45, 7) is 0.291. The van der Waals surface area contributed by atoms with Gasteiger partial charge in [-0.3, -0.25) is 4.98 Å². The molecular formula is C6H7ClN2O. The summed E-state index contributed by atoms with van der Waals surface area (Å²) in [6, 6.07) is 1.41. The van der Waals surface area contributed by atoms with Crippen LogP contribution in [0.2, 0.25) is 5.02 Å². The molecule has 1 rings (SSSR count). The average Bonchev–Trinajstić information content (AvgIpc) is 1.88. The van der Waals surface area contributed by atoms with Crippen molar-refractivity contribution in [3.63, 3.8) is 0 Å². The van der Waals surface area contributed by atoms with Gasteiger partial charge in [-0.2, -0.15) is 0 Å². The lowest BCUT2D eigenvalue weighted by atomic mass is 10.3. The maximum atomic E-state index is 8.85. The molecule has 1 aromatic heterocycles. The van der Waals surface area contributed by atoms with E-state index in [0.717, 1.165) is 0 Å². The summed E-state index contributed by atoms with van der Waals surface area (Å²) in [5.74, 6) is 0.0576. The van der Waals surface area contributed by atoms with Gasteiger partial charge < -0.3 is 10.8 Å². The highest BCUT2D eigenvalue weighted by Crippen LogP contribution is 2.17. The number of nitrogens with zero attached hydrogens (tertiary/aromatic N) is 1. The Morgan fingerprint density at radius 2 is 2.40 bits per heavy atom. The van der Waals surface area contributed by atoms with Gasteiger partial charge in [0.2, 0.25) is 0 Å². The Morgan fingerprint density at radius 3 is 2.90 bits per heavy atom. The molecule has 1 heterocycles. The van der Waals surface area contributed by atoms with E-state index < -0.39 is 0 Å². The fraction of sp³-hybridized carbons (Fsp3) is 0.167. The number of rotatable bonds is 1. The second kappa shape index (κ2) is 2.86. The van der Waals surface area contributed by atoms with Gasteiger partial charge in [-0.05, 0) is 0 Å². The van der Waals surface area contributed by atoms with Gasteiger partial charge in [0.05, 0.1) is 16.9 Å². The first-order valence-corrected chi connectivity index (χ1v) is 3.15. The quantitative estimate of drug-likeness (QED) is 0.639. The molecule has 0 atom stereocenters. The van der Waals surface area contributed by atoms with Crippen LogP contribution >= 0.6 is 11.6 Å². The molecule has 0 bridgehead atoms. The number of nitrogens with two attached hydrogens (primary N) is 1. The van der Waals surface area contributed by atoms with Gasteiger partial charge in [0, 0.05) is 12.6 Å². The summed E-state index contributed by atoms with van der Waals surface area (Å²) in [7, 11) is 0. The second-order valence-corrected chi connectivity index (χ2v) is 2.23. The molecule has 4 heteroatoms. The summed E-state index contributed by atoms with van der Waals surface area (Å²) in [6.07, 6.45) is 1.31. The topological polar surface area (TPSA) is 59.1 Å². The molecule has 0 aromatic carbocycles. The van der Waals surface area contributed by atoms with E-state index in [-0.39, 0.29) is 5.75 Å². The van der Waals surface area contributed by atoms with Crippen molar-refractivity contribution in [3.05, 3.63) is 23.0 Å². The fourth-order valence-electron chi connectivity index (χ4n) is 0.606. The lowest BCUT2D eigenvalue weighted by Gasteiger charge is -1.98. The first-order valence-electron chi connectivity index (χ1n) is 2.77. The van der Waals surface area contributed by atoms with Crippen molar-refractivity contribution in [3.8, 4) is 5.75 Å². The minimum absolute atomic E-state index is 0.0576. The second-order valence-electron chi connectivity index (χ2n) is 1.83. The molecule has 3 nitrogen and oxygen atoms in total. The maximum Gasteiger partial charge on any atom is 0.135 e. The molecule has 0 radical (unpaired) electrons. The van der Waals surface area contributed by atoms with Crippen LogP contribution in [0.15, 0.2) is 12.3 Å². The van der Waals surface area contributed by atoms with E-state index in [1.807, 2.05) is 0 Å². The molecule has 0 saturated heterocycles. The van der Waals surface area contributed by atoms with Gasteiger partial charge in [0.1, 0.15) is 5.75 Å². The number of aromatic nitrogens is 1. The number of aromatic hydroxyl groups is 1.